The maximum Gasteiger partial charge on any atom is 0.163 e. The molecule has 1 N–H and O–H groups in total. The van der Waals surface area contributed by atoms with Crippen molar-refractivity contribution in [2.75, 3.05) is 7.11 Å². The monoisotopic (exact) mass is 248 g/mol. The summed E-state index contributed by atoms with van der Waals surface area (Å²) in [6, 6.07) is 3.59. The maximum atomic E-state index is 11.7. The zero-order valence-corrected chi connectivity index (χ0v) is 11.2. The van der Waals surface area contributed by atoms with Gasteiger partial charge in [-0.15, -0.1) is 0 Å². The van der Waals surface area contributed by atoms with E-state index >= 15 is 0 Å². The largest absolute Gasteiger partial charge is 0.516 e. The van der Waals surface area contributed by atoms with Crippen molar-refractivity contribution < 1.29 is 14.6 Å². The molecule has 0 bridgehead atoms. The molecule has 0 saturated carbocycles. The zero-order valence-electron chi connectivity index (χ0n) is 11.2. The second-order valence-corrected chi connectivity index (χ2v) is 3.80. The number of hydrogen-bond donors (Lipinski definition) is 1. The number of aliphatic hydroxyl groups is 1. The Kier molecular flexibility index (Phi) is 5.43. The van der Waals surface area contributed by atoms with Crippen LogP contribution in [0.4, 0.5) is 0 Å². The van der Waals surface area contributed by atoms with Crippen LogP contribution >= 0.6 is 0 Å². The van der Waals surface area contributed by atoms with Crippen molar-refractivity contribution in [3.05, 3.63) is 35.1 Å². The molecule has 3 heteroatoms. The summed E-state index contributed by atoms with van der Waals surface area (Å²) in [5, 5.41) is 8.89. The van der Waals surface area contributed by atoms with E-state index in [1.165, 1.54) is 0 Å². The highest BCUT2D eigenvalue weighted by Crippen LogP contribution is 2.31. The zero-order chi connectivity index (χ0) is 13.5. The number of Topliss-reactive ketones (excluding diaryl/α,β-unsaturated/α-hetero) is 1. The van der Waals surface area contributed by atoms with Gasteiger partial charge in [0.05, 0.1) is 13.4 Å². The standard InChI is InChI=1S/C13H14O3.C2H6/c1-16-13-6-5-10-9(11(13)7-8-14)3-2-4-12(10)15;1-2/h5-8,14H,2-4H2,1H3;1-2H3/b8-7+;. The number of carbonyl (C=O) groups is 1. The number of fused-ring (bicyclic) bond motifs is 1. The first-order chi connectivity index (χ1) is 8.77. The Labute approximate surface area is 108 Å². The lowest BCUT2D eigenvalue weighted by Gasteiger charge is -2.18. The van der Waals surface area contributed by atoms with Gasteiger partial charge in [-0.1, -0.05) is 13.8 Å². The van der Waals surface area contributed by atoms with Gasteiger partial charge in [-0.25, -0.2) is 0 Å². The van der Waals surface area contributed by atoms with E-state index in [0.29, 0.717) is 12.2 Å². The van der Waals surface area contributed by atoms with Crippen molar-refractivity contribution in [3.8, 4) is 5.75 Å². The van der Waals surface area contributed by atoms with Crippen molar-refractivity contribution in [1.82, 2.24) is 0 Å². The predicted molar refractivity (Wildman–Crippen MR) is 73.3 cm³/mol. The number of hydrogen-bond acceptors (Lipinski definition) is 3. The minimum absolute atomic E-state index is 0.177. The molecule has 1 aliphatic rings. The normalized spacial score (nSPS) is 13.8. The highest BCUT2D eigenvalue weighted by Gasteiger charge is 2.21. The lowest BCUT2D eigenvalue weighted by Crippen LogP contribution is -2.12. The minimum atomic E-state index is 0.177. The third-order valence-corrected chi connectivity index (χ3v) is 2.91. The lowest BCUT2D eigenvalue weighted by atomic mass is 9.87. The van der Waals surface area contributed by atoms with Crippen LogP contribution in [0.25, 0.3) is 6.08 Å². The lowest BCUT2D eigenvalue weighted by molar-refractivity contribution is 0.0972. The third kappa shape index (κ3) is 2.73. The van der Waals surface area contributed by atoms with Gasteiger partial charge in [-0.3, -0.25) is 4.79 Å². The number of carbonyl (C=O) groups excluding carboxylic acids is 1. The van der Waals surface area contributed by atoms with Crippen molar-refractivity contribution in [2.24, 2.45) is 0 Å². The van der Waals surface area contributed by atoms with Crippen LogP contribution in [0.1, 0.15) is 48.2 Å². The van der Waals surface area contributed by atoms with Crippen molar-refractivity contribution >= 4 is 11.9 Å². The molecule has 0 aliphatic heterocycles. The fraction of sp³-hybridized carbons (Fsp3) is 0.400. The number of ether oxygens (including phenoxy) is 1. The van der Waals surface area contributed by atoms with Crippen LogP contribution in [0.3, 0.4) is 0 Å². The van der Waals surface area contributed by atoms with E-state index in [1.807, 2.05) is 19.9 Å². The Morgan fingerprint density at radius 1 is 1.28 bits per heavy atom. The van der Waals surface area contributed by atoms with Crippen LogP contribution in [0, 0.1) is 0 Å². The van der Waals surface area contributed by atoms with Gasteiger partial charge in [-0.05, 0) is 36.6 Å². The van der Waals surface area contributed by atoms with Crippen LogP contribution in [0.15, 0.2) is 18.4 Å². The second-order valence-electron chi connectivity index (χ2n) is 3.80. The summed E-state index contributed by atoms with van der Waals surface area (Å²) in [4.78, 5) is 11.7. The van der Waals surface area contributed by atoms with E-state index in [1.54, 1.807) is 19.3 Å². The first-order valence-electron chi connectivity index (χ1n) is 6.31. The molecule has 3 nitrogen and oxygen atoms in total. The quantitative estimate of drug-likeness (QED) is 0.810. The molecule has 0 spiro atoms. The van der Waals surface area contributed by atoms with Gasteiger partial charge in [0.1, 0.15) is 5.75 Å². The topological polar surface area (TPSA) is 46.5 Å². The van der Waals surface area contributed by atoms with Gasteiger partial charge in [0.15, 0.2) is 5.78 Å². The highest BCUT2D eigenvalue weighted by atomic mass is 16.5. The molecule has 0 atom stereocenters. The van der Waals surface area contributed by atoms with Crippen molar-refractivity contribution in [2.45, 2.75) is 33.1 Å². The first kappa shape index (κ1) is 14.3. The third-order valence-electron chi connectivity index (χ3n) is 2.91. The first-order valence-corrected chi connectivity index (χ1v) is 6.31. The summed E-state index contributed by atoms with van der Waals surface area (Å²) < 4.78 is 5.23. The van der Waals surface area contributed by atoms with E-state index in [9.17, 15) is 4.79 Å². The number of benzene rings is 1. The molecular formula is C15H20O3. The summed E-state index contributed by atoms with van der Waals surface area (Å²) in [6.07, 6.45) is 4.90. The van der Waals surface area contributed by atoms with Crippen molar-refractivity contribution in [1.29, 1.82) is 0 Å². The van der Waals surface area contributed by atoms with Gasteiger partial charge in [0, 0.05) is 17.5 Å². The van der Waals surface area contributed by atoms with Gasteiger partial charge in [-0.2, -0.15) is 0 Å². The molecule has 0 amide bonds. The summed E-state index contributed by atoms with van der Waals surface area (Å²) in [6.45, 7) is 4.00. The van der Waals surface area contributed by atoms with Crippen LogP contribution in [-0.2, 0) is 6.42 Å². The summed E-state index contributed by atoms with van der Waals surface area (Å²) >= 11 is 0. The number of ketones is 1. The smallest absolute Gasteiger partial charge is 0.163 e. The Balaban J connectivity index is 0.000000771. The van der Waals surface area contributed by atoms with Crippen LogP contribution in [0.2, 0.25) is 0 Å². The molecule has 1 aliphatic carbocycles. The molecule has 2 rings (SSSR count). The molecule has 1 aromatic rings. The molecule has 0 saturated heterocycles. The van der Waals surface area contributed by atoms with Gasteiger partial charge >= 0.3 is 0 Å². The van der Waals surface area contributed by atoms with Gasteiger partial charge in [0.25, 0.3) is 0 Å². The minimum Gasteiger partial charge on any atom is -0.516 e. The fourth-order valence-electron chi connectivity index (χ4n) is 2.17. The van der Waals surface area contributed by atoms with E-state index in [2.05, 4.69) is 0 Å². The number of methoxy groups -OCH3 is 1. The molecule has 0 aromatic heterocycles. The Bertz CT molecular complexity index is 447. The van der Waals surface area contributed by atoms with Crippen LogP contribution < -0.4 is 4.74 Å². The molecule has 18 heavy (non-hydrogen) atoms. The van der Waals surface area contributed by atoms with E-state index < -0.39 is 0 Å². The van der Waals surface area contributed by atoms with E-state index in [4.69, 9.17) is 9.84 Å². The van der Waals surface area contributed by atoms with E-state index in [0.717, 1.165) is 35.8 Å². The van der Waals surface area contributed by atoms with Gasteiger partial charge in [0.2, 0.25) is 0 Å². The molecule has 98 valence electrons. The van der Waals surface area contributed by atoms with Gasteiger partial charge < -0.3 is 9.84 Å². The SMILES string of the molecule is CC.COc1ccc2c(c1/C=C/O)CCCC2=O. The average molecular weight is 248 g/mol. The molecule has 0 unspecified atom stereocenters. The maximum absolute atomic E-state index is 11.7. The Morgan fingerprint density at radius 2 is 2.00 bits per heavy atom. The van der Waals surface area contributed by atoms with Crippen LogP contribution in [0.5, 0.6) is 5.75 Å². The summed E-state index contributed by atoms with van der Waals surface area (Å²) in [7, 11) is 1.58. The molecule has 1 aromatic carbocycles. The van der Waals surface area contributed by atoms with Crippen molar-refractivity contribution in [3.63, 3.8) is 0 Å². The summed E-state index contributed by atoms with van der Waals surface area (Å²) in [5.41, 5.74) is 2.57. The summed E-state index contributed by atoms with van der Waals surface area (Å²) in [5.74, 6) is 0.871. The Hall–Kier alpha value is -1.77. The predicted octanol–water partition coefficient (Wildman–Crippen LogP) is 3.77. The number of rotatable bonds is 2. The molecule has 0 radical (unpaired) electrons. The highest BCUT2D eigenvalue weighted by molar-refractivity contribution is 5.99. The molecular weight excluding hydrogens is 228 g/mol. The molecule has 0 heterocycles. The van der Waals surface area contributed by atoms with Crippen LogP contribution in [-0.4, -0.2) is 18.0 Å². The number of aliphatic hydroxyl groups excluding tert-OH is 1. The Morgan fingerprint density at radius 3 is 2.61 bits per heavy atom. The fourth-order valence-corrected chi connectivity index (χ4v) is 2.17. The van der Waals surface area contributed by atoms with E-state index in [-0.39, 0.29) is 5.78 Å². The second kappa shape index (κ2) is 6.84. The average Bonchev–Trinajstić information content (AvgIpc) is 2.42. The molecule has 0 fully saturated rings.